The van der Waals surface area contributed by atoms with Crippen LogP contribution in [0.15, 0.2) is 29.4 Å². The van der Waals surface area contributed by atoms with Crippen molar-refractivity contribution >= 4 is 23.2 Å². The zero-order valence-electron chi connectivity index (χ0n) is 10.3. The summed E-state index contributed by atoms with van der Waals surface area (Å²) in [6, 6.07) is 7.12. The van der Waals surface area contributed by atoms with Crippen molar-refractivity contribution in [3.63, 3.8) is 0 Å². The van der Waals surface area contributed by atoms with E-state index in [1.165, 1.54) is 6.92 Å². The molecule has 1 aliphatic heterocycles. The first-order valence-electron chi connectivity index (χ1n) is 5.68. The highest BCUT2D eigenvalue weighted by atomic mass is 16.7. The van der Waals surface area contributed by atoms with Gasteiger partial charge in [0, 0.05) is 17.8 Å². The second-order valence-corrected chi connectivity index (χ2v) is 4.21. The monoisotopic (exact) mass is 246 g/mol. The molecule has 0 fully saturated rings. The minimum absolute atomic E-state index is 0.0314. The number of hydrogen-bond acceptors (Lipinski definition) is 5. The summed E-state index contributed by atoms with van der Waals surface area (Å²) >= 11 is 0. The van der Waals surface area contributed by atoms with E-state index in [0.717, 1.165) is 5.69 Å². The predicted molar refractivity (Wildman–Crippen MR) is 67.6 cm³/mol. The summed E-state index contributed by atoms with van der Waals surface area (Å²) < 4.78 is 0. The van der Waals surface area contributed by atoms with Crippen LogP contribution in [0.25, 0.3) is 0 Å². The maximum atomic E-state index is 11.3. The molecule has 1 atom stereocenters. The Labute approximate surface area is 105 Å². The zero-order chi connectivity index (χ0) is 13.1. The molecule has 18 heavy (non-hydrogen) atoms. The number of rotatable bonds is 4. The van der Waals surface area contributed by atoms with Crippen molar-refractivity contribution in [1.82, 2.24) is 0 Å². The van der Waals surface area contributed by atoms with Gasteiger partial charge in [0.05, 0.1) is 5.71 Å². The molecule has 1 aromatic carbocycles. The maximum absolute atomic E-state index is 11.3. The molecule has 0 radical (unpaired) electrons. The highest BCUT2D eigenvalue weighted by Gasteiger charge is 2.29. The molecule has 0 saturated carbocycles. The van der Waals surface area contributed by atoms with Crippen LogP contribution >= 0.6 is 0 Å². The van der Waals surface area contributed by atoms with Crippen LogP contribution in [-0.2, 0) is 9.63 Å². The molecule has 5 nitrogen and oxygen atoms in total. The van der Waals surface area contributed by atoms with E-state index in [9.17, 15) is 9.59 Å². The van der Waals surface area contributed by atoms with E-state index in [1.54, 1.807) is 19.1 Å². The number of anilines is 1. The Morgan fingerprint density at radius 3 is 2.56 bits per heavy atom. The Kier molecular flexibility index (Phi) is 3.41. The molecule has 2 rings (SSSR count). The Bertz CT molecular complexity index is 505. The van der Waals surface area contributed by atoms with Gasteiger partial charge in [-0.3, -0.25) is 4.79 Å². The van der Waals surface area contributed by atoms with E-state index in [1.807, 2.05) is 12.1 Å². The molecule has 0 spiro atoms. The molecule has 1 N–H and O–H groups in total. The van der Waals surface area contributed by atoms with Crippen LogP contribution < -0.4 is 5.32 Å². The maximum Gasteiger partial charge on any atom is 0.345 e. The number of nitrogens with one attached hydrogen (secondary N) is 1. The zero-order valence-corrected chi connectivity index (χ0v) is 10.3. The van der Waals surface area contributed by atoms with Gasteiger partial charge in [0.15, 0.2) is 5.78 Å². The van der Waals surface area contributed by atoms with Gasteiger partial charge in [-0.2, -0.15) is 0 Å². The van der Waals surface area contributed by atoms with E-state index >= 15 is 0 Å². The van der Waals surface area contributed by atoms with Crippen molar-refractivity contribution in [3.05, 3.63) is 29.8 Å². The number of nitrogens with zero attached hydrogens (tertiary/aromatic N) is 1. The van der Waals surface area contributed by atoms with E-state index in [0.29, 0.717) is 17.8 Å². The summed E-state index contributed by atoms with van der Waals surface area (Å²) in [6.45, 7) is 3.72. The van der Waals surface area contributed by atoms with E-state index in [-0.39, 0.29) is 17.7 Å². The molecule has 1 unspecified atom stereocenters. The Morgan fingerprint density at radius 1 is 1.39 bits per heavy atom. The summed E-state index contributed by atoms with van der Waals surface area (Å²) in [4.78, 5) is 27.0. The molecule has 94 valence electrons. The first kappa shape index (κ1) is 12.3. The predicted octanol–water partition coefficient (Wildman–Crippen LogP) is 1.85. The second kappa shape index (κ2) is 5.00. The molecule has 0 amide bonds. The quantitative estimate of drug-likeness (QED) is 0.650. The third-order valence-electron chi connectivity index (χ3n) is 2.87. The molecule has 1 aromatic rings. The number of carbonyl (C=O) groups is 2. The SMILES string of the molecule is CC(=O)c1ccc(NCC2C(=O)ON=C2C)cc1. The fourth-order valence-corrected chi connectivity index (χ4v) is 1.69. The number of Topliss-reactive ketones (excluding diaryl/α,β-unsaturated/α-hetero) is 1. The Morgan fingerprint density at radius 2 is 2.06 bits per heavy atom. The Hall–Kier alpha value is -2.17. The number of ketones is 1. The third kappa shape index (κ3) is 2.56. The average molecular weight is 246 g/mol. The van der Waals surface area contributed by atoms with Gasteiger partial charge in [-0.1, -0.05) is 5.16 Å². The molecule has 0 aliphatic carbocycles. The summed E-state index contributed by atoms with van der Waals surface area (Å²) in [7, 11) is 0. The fraction of sp³-hybridized carbons (Fsp3) is 0.308. The van der Waals surface area contributed by atoms with Crippen molar-refractivity contribution in [3.8, 4) is 0 Å². The summed E-state index contributed by atoms with van der Waals surface area (Å²) in [5.41, 5.74) is 2.19. The smallest absolute Gasteiger partial charge is 0.345 e. The van der Waals surface area contributed by atoms with Crippen molar-refractivity contribution in [2.45, 2.75) is 13.8 Å². The van der Waals surface area contributed by atoms with Gasteiger partial charge >= 0.3 is 5.97 Å². The van der Waals surface area contributed by atoms with Gasteiger partial charge in [0.1, 0.15) is 5.92 Å². The summed E-state index contributed by atoms with van der Waals surface area (Å²) in [5.74, 6) is -0.637. The topological polar surface area (TPSA) is 67.8 Å². The molecule has 5 heteroatoms. The highest BCUT2D eigenvalue weighted by Crippen LogP contribution is 2.15. The number of carbonyl (C=O) groups excluding carboxylic acids is 2. The van der Waals surface area contributed by atoms with Gasteiger partial charge < -0.3 is 10.2 Å². The molecule has 1 aliphatic rings. The van der Waals surface area contributed by atoms with Crippen LogP contribution in [0, 0.1) is 5.92 Å². The van der Waals surface area contributed by atoms with Gasteiger partial charge in [-0.15, -0.1) is 0 Å². The third-order valence-corrected chi connectivity index (χ3v) is 2.87. The normalized spacial score (nSPS) is 18.2. The lowest BCUT2D eigenvalue weighted by Gasteiger charge is -2.09. The van der Waals surface area contributed by atoms with E-state index in [4.69, 9.17) is 0 Å². The first-order chi connectivity index (χ1) is 8.58. The van der Waals surface area contributed by atoms with Crippen LogP contribution in [0.3, 0.4) is 0 Å². The lowest BCUT2D eigenvalue weighted by molar-refractivity contribution is -0.143. The van der Waals surface area contributed by atoms with Crippen LogP contribution in [0.1, 0.15) is 24.2 Å². The fourth-order valence-electron chi connectivity index (χ4n) is 1.69. The minimum atomic E-state index is -0.336. The van der Waals surface area contributed by atoms with E-state index < -0.39 is 0 Å². The van der Waals surface area contributed by atoms with Gasteiger partial charge in [-0.25, -0.2) is 4.79 Å². The first-order valence-corrected chi connectivity index (χ1v) is 5.68. The van der Waals surface area contributed by atoms with Crippen LogP contribution in [0.4, 0.5) is 5.69 Å². The summed E-state index contributed by atoms with van der Waals surface area (Å²) in [6.07, 6.45) is 0. The van der Waals surface area contributed by atoms with Crippen molar-refractivity contribution in [1.29, 1.82) is 0 Å². The second-order valence-electron chi connectivity index (χ2n) is 4.21. The van der Waals surface area contributed by atoms with Crippen LogP contribution in [-0.4, -0.2) is 24.0 Å². The number of oxime groups is 1. The van der Waals surface area contributed by atoms with Crippen molar-refractivity contribution in [2.24, 2.45) is 11.1 Å². The van der Waals surface area contributed by atoms with Crippen molar-refractivity contribution in [2.75, 3.05) is 11.9 Å². The molecule has 0 saturated heterocycles. The molecular formula is C13H14N2O3. The summed E-state index contributed by atoms with van der Waals surface area (Å²) in [5, 5.41) is 6.75. The average Bonchev–Trinajstić information content (AvgIpc) is 2.67. The van der Waals surface area contributed by atoms with Crippen molar-refractivity contribution < 1.29 is 14.4 Å². The molecule has 1 heterocycles. The Balaban J connectivity index is 1.96. The minimum Gasteiger partial charge on any atom is -0.384 e. The largest absolute Gasteiger partial charge is 0.384 e. The van der Waals surface area contributed by atoms with Crippen LogP contribution in [0.2, 0.25) is 0 Å². The molecule has 0 aromatic heterocycles. The molecule has 0 bridgehead atoms. The lowest BCUT2D eigenvalue weighted by atomic mass is 10.1. The number of hydrogen-bond donors (Lipinski definition) is 1. The standard InChI is InChI=1S/C13H14N2O3/c1-8-12(13(17)18-15-8)7-14-11-5-3-10(4-6-11)9(2)16/h3-6,12,14H,7H2,1-2H3. The van der Waals surface area contributed by atoms with E-state index in [2.05, 4.69) is 15.3 Å². The van der Waals surface area contributed by atoms with Gasteiger partial charge in [0.25, 0.3) is 0 Å². The van der Waals surface area contributed by atoms with Gasteiger partial charge in [0.2, 0.25) is 0 Å². The highest BCUT2D eigenvalue weighted by molar-refractivity contribution is 6.04. The van der Waals surface area contributed by atoms with Crippen LogP contribution in [0.5, 0.6) is 0 Å². The van der Waals surface area contributed by atoms with Gasteiger partial charge in [-0.05, 0) is 38.1 Å². The lowest BCUT2D eigenvalue weighted by Crippen LogP contribution is -2.25. The number of benzene rings is 1. The molecular weight excluding hydrogens is 232 g/mol.